The molecule has 0 saturated carbocycles. The molecule has 4 heteroatoms. The fraction of sp³-hybridized carbons (Fsp3) is 0.500. The number of benzene rings is 1. The Bertz CT molecular complexity index is 337. The van der Waals surface area contributed by atoms with E-state index in [9.17, 15) is 0 Å². The van der Waals surface area contributed by atoms with Gasteiger partial charge in [0.2, 0.25) is 0 Å². The summed E-state index contributed by atoms with van der Waals surface area (Å²) in [5.41, 5.74) is 7.22. The molecule has 1 atom stereocenters. The van der Waals surface area contributed by atoms with Gasteiger partial charge in [-0.1, -0.05) is 29.8 Å². The summed E-state index contributed by atoms with van der Waals surface area (Å²) in [5.74, 6) is 0. The van der Waals surface area contributed by atoms with E-state index in [4.69, 9.17) is 17.3 Å². The topological polar surface area (TPSA) is 41.3 Å². The molecule has 1 saturated heterocycles. The van der Waals surface area contributed by atoms with E-state index in [0.29, 0.717) is 0 Å². The van der Waals surface area contributed by atoms with Crippen LogP contribution in [-0.4, -0.2) is 37.6 Å². The summed E-state index contributed by atoms with van der Waals surface area (Å²) in [6.07, 6.45) is 0. The number of piperazine rings is 1. The van der Waals surface area contributed by atoms with Crippen LogP contribution in [0, 0.1) is 0 Å². The lowest BCUT2D eigenvalue weighted by molar-refractivity contribution is 0.228. The van der Waals surface area contributed by atoms with Crippen LogP contribution in [0.15, 0.2) is 24.3 Å². The Morgan fingerprint density at radius 3 is 2.69 bits per heavy atom. The molecule has 88 valence electrons. The number of nitrogens with one attached hydrogen (secondary N) is 1. The molecule has 0 amide bonds. The number of halogens is 1. The van der Waals surface area contributed by atoms with Crippen molar-refractivity contribution in [2.24, 2.45) is 5.73 Å². The van der Waals surface area contributed by atoms with Crippen LogP contribution in [0.3, 0.4) is 0 Å². The predicted octanol–water partition coefficient (Wildman–Crippen LogP) is 1.25. The van der Waals surface area contributed by atoms with Crippen LogP contribution in [0.2, 0.25) is 5.02 Å². The molecule has 1 aromatic rings. The Morgan fingerprint density at radius 2 is 2.00 bits per heavy atom. The third-order valence-corrected chi connectivity index (χ3v) is 3.31. The first-order valence-electron chi connectivity index (χ1n) is 5.70. The van der Waals surface area contributed by atoms with Crippen molar-refractivity contribution in [3.63, 3.8) is 0 Å². The molecule has 0 spiro atoms. The van der Waals surface area contributed by atoms with E-state index < -0.39 is 0 Å². The number of nitrogens with zero attached hydrogens (tertiary/aromatic N) is 1. The van der Waals surface area contributed by atoms with Gasteiger partial charge in [-0.2, -0.15) is 0 Å². The van der Waals surface area contributed by atoms with Crippen molar-refractivity contribution in [3.8, 4) is 0 Å². The summed E-state index contributed by atoms with van der Waals surface area (Å²) in [6, 6.07) is 7.83. The highest BCUT2D eigenvalue weighted by atomic mass is 35.5. The second-order valence-electron chi connectivity index (χ2n) is 4.18. The lowest BCUT2D eigenvalue weighted by atomic mass is 10.1. The molecule has 1 aliphatic rings. The smallest absolute Gasteiger partial charge is 0.0454 e. The van der Waals surface area contributed by atoms with E-state index in [2.05, 4.69) is 10.2 Å². The van der Waals surface area contributed by atoms with Crippen molar-refractivity contribution in [2.45, 2.75) is 6.04 Å². The van der Waals surface area contributed by atoms with Crippen molar-refractivity contribution in [2.75, 3.05) is 32.7 Å². The molecule has 1 fully saturated rings. The van der Waals surface area contributed by atoms with Gasteiger partial charge in [0.25, 0.3) is 0 Å². The summed E-state index contributed by atoms with van der Waals surface area (Å²) in [7, 11) is 0. The van der Waals surface area contributed by atoms with E-state index >= 15 is 0 Å². The first-order valence-corrected chi connectivity index (χ1v) is 6.08. The number of hydrogen-bond donors (Lipinski definition) is 2. The lowest BCUT2D eigenvalue weighted by Crippen LogP contribution is -2.45. The first-order chi connectivity index (χ1) is 7.77. The summed E-state index contributed by atoms with van der Waals surface area (Å²) >= 11 is 6.13. The first kappa shape index (κ1) is 11.9. The van der Waals surface area contributed by atoms with Gasteiger partial charge in [0.05, 0.1) is 0 Å². The van der Waals surface area contributed by atoms with Crippen molar-refractivity contribution < 1.29 is 0 Å². The third kappa shape index (κ3) is 2.95. The van der Waals surface area contributed by atoms with Gasteiger partial charge < -0.3 is 11.1 Å². The van der Waals surface area contributed by atoms with Crippen molar-refractivity contribution in [3.05, 3.63) is 34.9 Å². The van der Waals surface area contributed by atoms with Crippen LogP contribution in [0.5, 0.6) is 0 Å². The SMILES string of the molecule is NC(CN1CCNCC1)c1ccccc1Cl. The number of hydrogen-bond acceptors (Lipinski definition) is 3. The molecule has 2 rings (SSSR count). The lowest BCUT2D eigenvalue weighted by Gasteiger charge is -2.29. The minimum absolute atomic E-state index is 0.00630. The second kappa shape index (κ2) is 5.64. The summed E-state index contributed by atoms with van der Waals surface area (Å²) in [5, 5.41) is 4.10. The maximum atomic E-state index is 6.18. The molecular formula is C12H18ClN3. The zero-order chi connectivity index (χ0) is 11.4. The van der Waals surface area contributed by atoms with Crippen LogP contribution in [0.4, 0.5) is 0 Å². The van der Waals surface area contributed by atoms with Crippen molar-refractivity contribution in [1.82, 2.24) is 10.2 Å². The zero-order valence-electron chi connectivity index (χ0n) is 9.32. The molecule has 1 heterocycles. The fourth-order valence-corrected chi connectivity index (χ4v) is 2.32. The Hall–Kier alpha value is -0.610. The summed E-state index contributed by atoms with van der Waals surface area (Å²) < 4.78 is 0. The maximum absolute atomic E-state index is 6.18. The van der Waals surface area contributed by atoms with Crippen molar-refractivity contribution in [1.29, 1.82) is 0 Å². The van der Waals surface area contributed by atoms with Gasteiger partial charge in [-0.25, -0.2) is 0 Å². The van der Waals surface area contributed by atoms with E-state index in [1.54, 1.807) is 0 Å². The number of rotatable bonds is 3. The highest BCUT2D eigenvalue weighted by Gasteiger charge is 2.15. The molecule has 16 heavy (non-hydrogen) atoms. The molecule has 3 nitrogen and oxygen atoms in total. The van der Waals surface area contributed by atoms with Crippen LogP contribution in [0.25, 0.3) is 0 Å². The third-order valence-electron chi connectivity index (χ3n) is 2.97. The van der Waals surface area contributed by atoms with Gasteiger partial charge in [0.15, 0.2) is 0 Å². The Labute approximate surface area is 102 Å². The highest BCUT2D eigenvalue weighted by molar-refractivity contribution is 6.31. The minimum atomic E-state index is 0.00630. The van der Waals surface area contributed by atoms with Gasteiger partial charge in [-0.05, 0) is 11.6 Å². The molecule has 0 bridgehead atoms. The molecule has 3 N–H and O–H groups in total. The Balaban J connectivity index is 1.96. The van der Waals surface area contributed by atoms with Crippen LogP contribution in [0.1, 0.15) is 11.6 Å². The summed E-state index contributed by atoms with van der Waals surface area (Å²) in [4.78, 5) is 2.38. The van der Waals surface area contributed by atoms with Gasteiger partial charge in [0.1, 0.15) is 0 Å². The Morgan fingerprint density at radius 1 is 1.31 bits per heavy atom. The van der Waals surface area contributed by atoms with Gasteiger partial charge in [-0.15, -0.1) is 0 Å². The molecule has 0 radical (unpaired) electrons. The van der Waals surface area contributed by atoms with E-state index in [-0.39, 0.29) is 6.04 Å². The van der Waals surface area contributed by atoms with Crippen LogP contribution in [-0.2, 0) is 0 Å². The molecule has 0 aliphatic carbocycles. The molecular weight excluding hydrogens is 222 g/mol. The van der Waals surface area contributed by atoms with Crippen LogP contribution < -0.4 is 11.1 Å². The molecule has 1 aliphatic heterocycles. The molecule has 1 unspecified atom stereocenters. The largest absolute Gasteiger partial charge is 0.323 e. The van der Waals surface area contributed by atoms with Gasteiger partial charge in [0, 0.05) is 43.8 Å². The van der Waals surface area contributed by atoms with E-state index in [1.807, 2.05) is 24.3 Å². The van der Waals surface area contributed by atoms with Gasteiger partial charge >= 0.3 is 0 Å². The quantitative estimate of drug-likeness (QED) is 0.834. The predicted molar refractivity (Wildman–Crippen MR) is 67.7 cm³/mol. The summed E-state index contributed by atoms with van der Waals surface area (Å²) in [6.45, 7) is 5.12. The molecule has 0 aromatic heterocycles. The maximum Gasteiger partial charge on any atom is 0.0454 e. The Kier molecular flexibility index (Phi) is 4.18. The van der Waals surface area contributed by atoms with E-state index in [1.165, 1.54) is 0 Å². The van der Waals surface area contributed by atoms with Gasteiger partial charge in [-0.3, -0.25) is 4.90 Å². The normalized spacial score (nSPS) is 19.6. The standard InChI is InChI=1S/C12H18ClN3/c13-11-4-2-1-3-10(11)12(14)9-16-7-5-15-6-8-16/h1-4,12,15H,5-9,14H2. The average molecular weight is 240 g/mol. The highest BCUT2D eigenvalue weighted by Crippen LogP contribution is 2.21. The van der Waals surface area contributed by atoms with Crippen molar-refractivity contribution >= 4 is 11.6 Å². The zero-order valence-corrected chi connectivity index (χ0v) is 10.1. The average Bonchev–Trinajstić information content (AvgIpc) is 2.31. The minimum Gasteiger partial charge on any atom is -0.323 e. The number of nitrogens with two attached hydrogens (primary N) is 1. The monoisotopic (exact) mass is 239 g/mol. The van der Waals surface area contributed by atoms with Crippen LogP contribution >= 0.6 is 11.6 Å². The molecule has 1 aromatic carbocycles. The second-order valence-corrected chi connectivity index (χ2v) is 4.59. The fourth-order valence-electron chi connectivity index (χ4n) is 2.05. The van der Waals surface area contributed by atoms with E-state index in [0.717, 1.165) is 43.3 Å².